The maximum absolute atomic E-state index is 12.8. The summed E-state index contributed by atoms with van der Waals surface area (Å²) in [4.78, 5) is 0. The number of furan rings is 1. The maximum atomic E-state index is 12.8. The molecule has 146 valence electrons. The first-order valence-electron chi connectivity index (χ1n) is 8.20. The number of hydrogen-bond donors (Lipinski definition) is 2. The summed E-state index contributed by atoms with van der Waals surface area (Å²) in [5.41, 5.74) is -0.226. The minimum absolute atomic E-state index is 0. The van der Waals surface area contributed by atoms with Gasteiger partial charge in [-0.25, -0.2) is 0 Å². The predicted molar refractivity (Wildman–Crippen MR) is 101 cm³/mol. The van der Waals surface area contributed by atoms with Gasteiger partial charge in [0, 0.05) is 5.56 Å². The van der Waals surface area contributed by atoms with Gasteiger partial charge in [0.15, 0.2) is 0 Å². The van der Waals surface area contributed by atoms with Crippen LogP contribution < -0.4 is 10.6 Å². The van der Waals surface area contributed by atoms with Crippen LogP contribution >= 0.6 is 24.8 Å². The highest BCUT2D eigenvalue weighted by molar-refractivity contribution is 5.85. The Labute approximate surface area is 163 Å². The van der Waals surface area contributed by atoms with Gasteiger partial charge in [0.1, 0.15) is 11.5 Å². The quantitative estimate of drug-likeness (QED) is 0.735. The van der Waals surface area contributed by atoms with Crippen molar-refractivity contribution < 1.29 is 17.6 Å². The molecule has 0 radical (unpaired) electrons. The fraction of sp³-hybridized carbons (Fsp3) is 0.444. The van der Waals surface area contributed by atoms with Crippen LogP contribution in [0.5, 0.6) is 0 Å². The molecule has 0 bridgehead atoms. The lowest BCUT2D eigenvalue weighted by Crippen LogP contribution is -2.33. The first-order chi connectivity index (χ1) is 11.5. The van der Waals surface area contributed by atoms with E-state index >= 15 is 0 Å². The number of benzene rings is 1. The van der Waals surface area contributed by atoms with E-state index in [0.717, 1.165) is 37.5 Å². The van der Waals surface area contributed by atoms with Gasteiger partial charge in [0.25, 0.3) is 0 Å². The van der Waals surface area contributed by atoms with Crippen molar-refractivity contribution >= 4 is 24.8 Å². The van der Waals surface area contributed by atoms with E-state index in [-0.39, 0.29) is 24.8 Å². The van der Waals surface area contributed by atoms with Crippen molar-refractivity contribution in [3.8, 4) is 11.3 Å². The summed E-state index contributed by atoms with van der Waals surface area (Å²) in [6.45, 7) is 3.64. The van der Waals surface area contributed by atoms with Gasteiger partial charge < -0.3 is 15.1 Å². The minimum atomic E-state index is -4.35. The molecule has 0 unspecified atom stereocenters. The highest BCUT2D eigenvalue weighted by Crippen LogP contribution is 2.32. The Morgan fingerprint density at radius 3 is 2.50 bits per heavy atom. The summed E-state index contributed by atoms with van der Waals surface area (Å²) in [5.74, 6) is 1.86. The van der Waals surface area contributed by atoms with Gasteiger partial charge in [-0.2, -0.15) is 13.2 Å². The Kier molecular flexibility index (Phi) is 8.96. The minimum Gasteiger partial charge on any atom is -0.460 e. The summed E-state index contributed by atoms with van der Waals surface area (Å²) in [6, 6.07) is 8.73. The highest BCUT2D eigenvalue weighted by Gasteiger charge is 2.30. The number of hydrogen-bond acceptors (Lipinski definition) is 3. The lowest BCUT2D eigenvalue weighted by Gasteiger charge is -2.22. The summed E-state index contributed by atoms with van der Waals surface area (Å²) < 4.78 is 44.0. The van der Waals surface area contributed by atoms with Crippen LogP contribution in [-0.4, -0.2) is 19.6 Å². The molecule has 2 heterocycles. The molecule has 0 amide bonds. The van der Waals surface area contributed by atoms with Crippen LogP contribution in [0.25, 0.3) is 11.3 Å². The van der Waals surface area contributed by atoms with Crippen LogP contribution in [0.15, 0.2) is 40.8 Å². The molecule has 2 aromatic rings. The lowest BCUT2D eigenvalue weighted by atomic mass is 9.98. The number of alkyl halides is 3. The molecule has 0 aliphatic carbocycles. The van der Waals surface area contributed by atoms with E-state index in [1.54, 1.807) is 12.1 Å². The zero-order valence-corrected chi connectivity index (χ0v) is 15.8. The van der Waals surface area contributed by atoms with Gasteiger partial charge in [0.2, 0.25) is 0 Å². The summed E-state index contributed by atoms with van der Waals surface area (Å²) >= 11 is 0. The van der Waals surface area contributed by atoms with E-state index < -0.39 is 11.7 Å². The molecule has 3 nitrogen and oxygen atoms in total. The maximum Gasteiger partial charge on any atom is 0.416 e. The van der Waals surface area contributed by atoms with Gasteiger partial charge >= 0.3 is 6.18 Å². The Bertz CT molecular complexity index is 670. The van der Waals surface area contributed by atoms with Crippen LogP contribution in [0.4, 0.5) is 13.2 Å². The average Bonchev–Trinajstić information content (AvgIpc) is 3.04. The molecule has 1 aliphatic heterocycles. The molecule has 3 rings (SSSR count). The fourth-order valence-corrected chi connectivity index (χ4v) is 2.96. The third-order valence-corrected chi connectivity index (χ3v) is 4.33. The molecule has 0 saturated carbocycles. The van der Waals surface area contributed by atoms with Crippen molar-refractivity contribution in [3.05, 3.63) is 47.7 Å². The van der Waals surface area contributed by atoms with Crippen LogP contribution in [0, 0.1) is 5.92 Å². The topological polar surface area (TPSA) is 37.2 Å². The Balaban J connectivity index is 0.00000169. The second-order valence-corrected chi connectivity index (χ2v) is 6.17. The van der Waals surface area contributed by atoms with Crippen molar-refractivity contribution in [3.63, 3.8) is 0 Å². The van der Waals surface area contributed by atoms with E-state index in [9.17, 15) is 13.2 Å². The van der Waals surface area contributed by atoms with Crippen LogP contribution in [-0.2, 0) is 12.7 Å². The van der Waals surface area contributed by atoms with Crippen molar-refractivity contribution in [2.45, 2.75) is 25.6 Å². The van der Waals surface area contributed by atoms with Gasteiger partial charge in [-0.15, -0.1) is 24.8 Å². The lowest BCUT2D eigenvalue weighted by molar-refractivity contribution is -0.137. The zero-order valence-electron chi connectivity index (χ0n) is 14.1. The van der Waals surface area contributed by atoms with Crippen molar-refractivity contribution in [1.82, 2.24) is 10.6 Å². The first-order valence-corrected chi connectivity index (χ1v) is 8.20. The predicted octanol–water partition coefficient (Wildman–Crippen LogP) is 4.90. The van der Waals surface area contributed by atoms with Gasteiger partial charge in [-0.05, 0) is 62.7 Å². The zero-order chi connectivity index (χ0) is 17.0. The second-order valence-electron chi connectivity index (χ2n) is 6.17. The molecule has 0 atom stereocenters. The van der Waals surface area contributed by atoms with Gasteiger partial charge in [-0.1, -0.05) is 12.1 Å². The SMILES string of the molecule is Cl.Cl.FC(F)(F)c1cccc(-c2ccc(CNCC3CCNCC3)o2)c1. The number of piperidine rings is 1. The molecular weight excluding hydrogens is 388 g/mol. The van der Waals surface area contributed by atoms with Crippen molar-refractivity contribution in [2.75, 3.05) is 19.6 Å². The monoisotopic (exact) mass is 410 g/mol. The molecule has 26 heavy (non-hydrogen) atoms. The van der Waals surface area contributed by atoms with Crippen molar-refractivity contribution in [2.24, 2.45) is 5.92 Å². The van der Waals surface area contributed by atoms with Crippen LogP contribution in [0.3, 0.4) is 0 Å². The van der Waals surface area contributed by atoms with Crippen LogP contribution in [0.1, 0.15) is 24.2 Å². The van der Waals surface area contributed by atoms with Crippen molar-refractivity contribution in [1.29, 1.82) is 0 Å². The Hall–Kier alpha value is -1.21. The number of halogens is 5. The highest BCUT2D eigenvalue weighted by atomic mass is 35.5. The molecule has 1 saturated heterocycles. The Morgan fingerprint density at radius 2 is 1.81 bits per heavy atom. The Morgan fingerprint density at radius 1 is 1.08 bits per heavy atom. The second kappa shape index (κ2) is 10.2. The molecule has 1 fully saturated rings. The molecular formula is C18H23Cl2F3N2O. The largest absolute Gasteiger partial charge is 0.460 e. The van der Waals surface area contributed by atoms with Gasteiger partial charge in [-0.3, -0.25) is 0 Å². The van der Waals surface area contributed by atoms with E-state index in [0.29, 0.717) is 23.8 Å². The molecule has 1 aromatic carbocycles. The molecule has 0 spiro atoms. The van der Waals surface area contributed by atoms with Gasteiger partial charge in [0.05, 0.1) is 12.1 Å². The smallest absolute Gasteiger partial charge is 0.416 e. The van der Waals surface area contributed by atoms with E-state index in [2.05, 4.69) is 10.6 Å². The summed E-state index contributed by atoms with van der Waals surface area (Å²) in [5, 5.41) is 6.70. The third-order valence-electron chi connectivity index (χ3n) is 4.33. The number of nitrogens with one attached hydrogen (secondary N) is 2. The molecule has 1 aromatic heterocycles. The average molecular weight is 411 g/mol. The van der Waals surface area contributed by atoms with Crippen LogP contribution in [0.2, 0.25) is 0 Å². The standard InChI is InChI=1S/C18H21F3N2O.2ClH/c19-18(20,21)15-3-1-2-14(10-15)17-5-4-16(24-17)12-23-11-13-6-8-22-9-7-13;;/h1-5,10,13,22-23H,6-9,11-12H2;2*1H. The number of rotatable bonds is 5. The third kappa shape index (κ3) is 6.20. The molecule has 2 N–H and O–H groups in total. The fourth-order valence-electron chi connectivity index (χ4n) is 2.96. The van der Waals surface area contributed by atoms with E-state index in [1.165, 1.54) is 18.9 Å². The molecule has 8 heteroatoms. The van der Waals surface area contributed by atoms with E-state index in [4.69, 9.17) is 4.42 Å². The summed E-state index contributed by atoms with van der Waals surface area (Å²) in [6.07, 6.45) is -2.01. The first kappa shape index (κ1) is 22.8. The normalized spacial score (nSPS) is 15.2. The summed E-state index contributed by atoms with van der Waals surface area (Å²) in [7, 11) is 0. The van der Waals surface area contributed by atoms with E-state index in [1.807, 2.05) is 6.07 Å². The molecule has 1 aliphatic rings.